The summed E-state index contributed by atoms with van der Waals surface area (Å²) in [6.45, 7) is 0. The fraction of sp³-hybridized carbons (Fsp3) is 0. The first-order chi connectivity index (χ1) is 33.5. The molecule has 0 saturated carbocycles. The van der Waals surface area contributed by atoms with Crippen molar-refractivity contribution < 1.29 is 62.0 Å². The van der Waals surface area contributed by atoms with E-state index >= 15 is 0 Å². The van der Waals surface area contributed by atoms with Crippen molar-refractivity contribution in [2.45, 2.75) is 0 Å². The Labute approximate surface area is 437 Å². The van der Waals surface area contributed by atoms with E-state index in [2.05, 4.69) is 61.1 Å². The summed E-state index contributed by atoms with van der Waals surface area (Å²) in [5.74, 6) is 6.45. The molecule has 8 N–H and O–H groups in total. The molecule has 0 atom stereocenters. The summed E-state index contributed by atoms with van der Waals surface area (Å²) in [6, 6.07) is 45.6. The van der Waals surface area contributed by atoms with Crippen molar-refractivity contribution >= 4 is 56.9 Å². The molecule has 0 aromatic carbocycles. The number of pyridine rings is 8. The van der Waals surface area contributed by atoms with Crippen LogP contribution in [0.1, 0.15) is 0 Å². The Kier molecular flexibility index (Phi) is 49.9. The van der Waals surface area contributed by atoms with Gasteiger partial charge in [-0.2, -0.15) is 0 Å². The van der Waals surface area contributed by atoms with Crippen molar-refractivity contribution in [3.8, 4) is 0 Å². The van der Waals surface area contributed by atoms with Crippen LogP contribution in [0.3, 0.4) is 0 Å². The molecule has 8 aromatic rings. The van der Waals surface area contributed by atoms with Crippen LogP contribution < -0.4 is 21.3 Å². The second-order valence-electron chi connectivity index (χ2n) is 11.0. The van der Waals surface area contributed by atoms with Gasteiger partial charge in [0.25, 0.3) is 0 Å². The van der Waals surface area contributed by atoms with Crippen molar-refractivity contribution in [1.29, 1.82) is 0 Å². The van der Waals surface area contributed by atoms with Crippen LogP contribution in [0.25, 0.3) is 63.9 Å². The van der Waals surface area contributed by atoms with Gasteiger partial charge in [-0.25, -0.2) is 39.9 Å². The first-order valence-electron chi connectivity index (χ1n) is 18.4. The summed E-state index contributed by atoms with van der Waals surface area (Å²) in [4.78, 5) is 39.0. The van der Waals surface area contributed by atoms with Crippen LogP contribution in [0.5, 0.6) is 0 Å². The van der Waals surface area contributed by atoms with Crippen molar-refractivity contribution in [2.24, 2.45) is 0 Å². The van der Waals surface area contributed by atoms with Crippen LogP contribution in [0, 0.1) is 0 Å². The molecule has 0 spiro atoms. The SMILES string of the molecule is O.O.O=S(=O)([O-])[O-].[Co+3].[Co+3].[N-]=[N+]=[N-].[N-]=[N+]=[N-].[N-]=[N+]=[N-].[N-]=[N+]=[N-].c1ccc(Nc2ccccn2)nc1.c1ccc(Nc2ccccn2)nc1.c1ccc(Nc2ccccn2)nc1.c1ccc(Nc2ccccn2)nc1. The average Bonchev–Trinajstić information content (AvgIpc) is 3.35. The number of hydrogen-bond acceptors (Lipinski definition) is 16. The molecule has 30 nitrogen and oxygen atoms in total. The number of rotatable bonds is 8. The zero-order valence-electron chi connectivity index (χ0n) is 37.1. The molecule has 0 bridgehead atoms. The van der Waals surface area contributed by atoms with E-state index in [9.17, 15) is 0 Å². The molecule has 8 aromatic heterocycles. The minimum Gasteiger partial charge on any atom is -0.759 e. The van der Waals surface area contributed by atoms with E-state index in [1.807, 2.05) is 146 Å². The molecule has 0 amide bonds. The predicted molar refractivity (Wildman–Crippen MR) is 265 cm³/mol. The normalized spacial score (nSPS) is 8.03. The number of nitrogens with one attached hydrogen (secondary N) is 4. The van der Waals surface area contributed by atoms with Gasteiger partial charge in [0.05, 0.1) is 0 Å². The minimum atomic E-state index is -5.17. The molecule has 8 heterocycles. The van der Waals surface area contributed by atoms with Crippen molar-refractivity contribution in [1.82, 2.24) is 39.9 Å². The third kappa shape index (κ3) is 46.0. The second kappa shape index (κ2) is 50.3. The van der Waals surface area contributed by atoms with Crippen LogP contribution in [0.4, 0.5) is 46.5 Å². The maximum atomic E-state index is 8.52. The molecular weight excluding hydrogens is 1060 g/mol. The standard InChI is InChI=1S/4C10H9N3.2Co.4N3.H2O4S.2H2O/c4*1-3-7-11-9(5-1)13-10-6-2-4-8-12-10;;;4*1-3-2;1-5(2,3)4;;/h4*1-8H,(H,11,12,13);;;;;;;(H2,1,2,3,4);2*1H2/q;;;;2*+3;4*-1;;;/p-2. The number of hydrogen-bond donors (Lipinski definition) is 4. The van der Waals surface area contributed by atoms with Crippen LogP contribution in [-0.4, -0.2) is 68.3 Å². The maximum absolute atomic E-state index is 8.52. The molecule has 380 valence electrons. The first kappa shape index (κ1) is 72.4. The molecule has 0 saturated heterocycles. The van der Waals surface area contributed by atoms with Gasteiger partial charge in [-0.3, -0.25) is 28.1 Å². The van der Waals surface area contributed by atoms with Crippen LogP contribution in [0.15, 0.2) is 195 Å². The van der Waals surface area contributed by atoms with Gasteiger partial charge in [0.2, 0.25) is 0 Å². The first-order valence-corrected chi connectivity index (χ1v) is 19.8. The molecule has 8 rings (SSSR count). The van der Waals surface area contributed by atoms with Gasteiger partial charge < -0.3 is 85.6 Å². The van der Waals surface area contributed by atoms with Gasteiger partial charge in [-0.05, 0) is 97.1 Å². The molecule has 73 heavy (non-hydrogen) atoms. The fourth-order valence-corrected chi connectivity index (χ4v) is 4.02. The largest absolute Gasteiger partial charge is 3.00 e. The summed E-state index contributed by atoms with van der Waals surface area (Å²) >= 11 is 0. The van der Waals surface area contributed by atoms with Gasteiger partial charge in [0, 0.05) is 60.0 Å². The van der Waals surface area contributed by atoms with E-state index in [-0.39, 0.29) is 44.5 Å². The zero-order chi connectivity index (χ0) is 51.1. The van der Waals surface area contributed by atoms with E-state index in [1.54, 1.807) is 49.6 Å². The molecular formula is C40H40Co2N24O6S. The van der Waals surface area contributed by atoms with Crippen molar-refractivity contribution in [2.75, 3.05) is 21.3 Å². The summed E-state index contributed by atoms with van der Waals surface area (Å²) in [5, 5.41) is 12.3. The molecule has 0 aliphatic heterocycles. The summed E-state index contributed by atoms with van der Waals surface area (Å²) in [5.41, 5.74) is 54.0. The third-order valence-corrected chi connectivity index (χ3v) is 6.34. The molecule has 0 radical (unpaired) electrons. The van der Waals surface area contributed by atoms with E-state index < -0.39 is 10.4 Å². The van der Waals surface area contributed by atoms with Crippen LogP contribution >= 0.6 is 0 Å². The van der Waals surface area contributed by atoms with Crippen LogP contribution in [-0.2, 0) is 44.0 Å². The minimum absolute atomic E-state index is 0. The maximum Gasteiger partial charge on any atom is 3.00 e. The number of nitrogens with zero attached hydrogens (tertiary/aromatic N) is 20. The Balaban J connectivity index is -0.000000251. The van der Waals surface area contributed by atoms with Crippen molar-refractivity contribution in [3.05, 3.63) is 259 Å². The molecule has 33 heteroatoms. The predicted octanol–water partition coefficient (Wildman–Crippen LogP) is 9.35. The summed E-state index contributed by atoms with van der Waals surface area (Å²) in [6.07, 6.45) is 13.9. The van der Waals surface area contributed by atoms with Crippen LogP contribution in [0.2, 0.25) is 0 Å². The smallest absolute Gasteiger partial charge is 0.759 e. The van der Waals surface area contributed by atoms with E-state index in [4.69, 9.17) is 61.8 Å². The molecule has 0 aliphatic carbocycles. The third-order valence-electron chi connectivity index (χ3n) is 6.34. The monoisotopic (exact) mass is 1100 g/mol. The Hall–Kier alpha value is -9.56. The van der Waals surface area contributed by atoms with Gasteiger partial charge in [-0.1, -0.05) is 48.5 Å². The summed E-state index contributed by atoms with van der Waals surface area (Å²) < 4.78 is 34.1. The quantitative estimate of drug-likeness (QED) is 0.0362. The van der Waals surface area contributed by atoms with E-state index in [0.717, 1.165) is 46.5 Å². The topological polar surface area (TPSA) is 529 Å². The molecule has 0 aliphatic rings. The zero-order valence-corrected chi connectivity index (χ0v) is 40.0. The Morgan fingerprint density at radius 2 is 0.397 bits per heavy atom. The number of anilines is 8. The van der Waals surface area contributed by atoms with Gasteiger partial charge in [0.15, 0.2) is 0 Å². The number of aromatic nitrogens is 8. The second-order valence-corrected chi connectivity index (χ2v) is 11.8. The van der Waals surface area contributed by atoms with Gasteiger partial charge >= 0.3 is 33.6 Å². The Morgan fingerprint density at radius 1 is 0.301 bits per heavy atom. The van der Waals surface area contributed by atoms with Crippen molar-refractivity contribution in [3.63, 3.8) is 0 Å². The molecule has 0 fully saturated rings. The van der Waals surface area contributed by atoms with E-state index in [1.165, 1.54) is 19.6 Å². The van der Waals surface area contributed by atoms with E-state index in [0.29, 0.717) is 0 Å². The summed E-state index contributed by atoms with van der Waals surface area (Å²) in [7, 11) is -5.17. The Morgan fingerprint density at radius 3 is 0.466 bits per heavy atom. The fourth-order valence-electron chi connectivity index (χ4n) is 4.02. The van der Waals surface area contributed by atoms with Gasteiger partial charge in [0.1, 0.15) is 46.5 Å². The Bertz CT molecular complexity index is 2230. The molecule has 0 unspecified atom stereocenters. The van der Waals surface area contributed by atoms with Gasteiger partial charge in [-0.15, -0.1) is 0 Å². The average molecular weight is 1100 g/mol.